The van der Waals surface area contributed by atoms with Crippen LogP contribution in [0.3, 0.4) is 0 Å². The van der Waals surface area contributed by atoms with Crippen LogP contribution in [0, 0.1) is 13.8 Å². The smallest absolute Gasteiger partial charge is 0.200 e. The van der Waals surface area contributed by atoms with Crippen molar-refractivity contribution in [2.24, 2.45) is 0 Å². The van der Waals surface area contributed by atoms with Gasteiger partial charge in [0, 0.05) is 18.1 Å². The fourth-order valence-electron chi connectivity index (χ4n) is 3.27. The van der Waals surface area contributed by atoms with Gasteiger partial charge in [0.25, 0.3) is 0 Å². The molecule has 5 heterocycles. The summed E-state index contributed by atoms with van der Waals surface area (Å²) >= 11 is 0. The first-order valence-electron chi connectivity index (χ1n) is 8.29. The van der Waals surface area contributed by atoms with Crippen LogP contribution < -0.4 is 0 Å². The Morgan fingerprint density at radius 3 is 2.62 bits per heavy atom. The average Bonchev–Trinajstić information content (AvgIpc) is 3.23. The number of aryl methyl sites for hydroxylation is 1. The van der Waals surface area contributed by atoms with Crippen LogP contribution in [0.1, 0.15) is 11.3 Å². The van der Waals surface area contributed by atoms with Crippen molar-refractivity contribution in [1.29, 1.82) is 0 Å². The highest BCUT2D eigenvalue weighted by molar-refractivity contribution is 5.95. The predicted octanol–water partition coefficient (Wildman–Crippen LogP) is 3.14. The first kappa shape index (κ1) is 14.7. The van der Waals surface area contributed by atoms with Crippen molar-refractivity contribution in [3.05, 3.63) is 66.5 Å². The molecule has 5 rings (SSSR count). The van der Waals surface area contributed by atoms with Gasteiger partial charge < -0.3 is 0 Å². The van der Waals surface area contributed by atoms with Crippen molar-refractivity contribution < 1.29 is 0 Å². The Hall–Kier alpha value is -3.61. The molecule has 0 radical (unpaired) electrons. The molecular formula is C19H15N7. The monoisotopic (exact) mass is 341 g/mol. The molecule has 0 aliphatic rings. The highest BCUT2D eigenvalue weighted by Gasteiger charge is 2.19. The largest absolute Gasteiger partial charge is 0.297 e. The Morgan fingerprint density at radius 1 is 0.923 bits per heavy atom. The molecule has 5 aromatic rings. The average molecular weight is 341 g/mol. The van der Waals surface area contributed by atoms with Gasteiger partial charge in [0.05, 0.1) is 17.3 Å². The van der Waals surface area contributed by atoms with E-state index in [1.807, 2.05) is 36.5 Å². The minimum absolute atomic E-state index is 0.589. The van der Waals surface area contributed by atoms with Crippen LogP contribution >= 0.6 is 0 Å². The number of fused-ring (bicyclic) bond motifs is 3. The van der Waals surface area contributed by atoms with Crippen molar-refractivity contribution >= 4 is 16.7 Å². The van der Waals surface area contributed by atoms with Gasteiger partial charge in [0.2, 0.25) is 5.82 Å². The van der Waals surface area contributed by atoms with E-state index in [-0.39, 0.29) is 0 Å². The van der Waals surface area contributed by atoms with Crippen LogP contribution in [0.2, 0.25) is 0 Å². The molecule has 0 saturated heterocycles. The Morgan fingerprint density at radius 2 is 1.85 bits per heavy atom. The minimum Gasteiger partial charge on any atom is -0.297 e. The lowest BCUT2D eigenvalue weighted by Crippen LogP contribution is -1.99. The van der Waals surface area contributed by atoms with Gasteiger partial charge in [-0.15, -0.1) is 5.10 Å². The van der Waals surface area contributed by atoms with Gasteiger partial charge >= 0.3 is 0 Å². The molecule has 0 N–H and O–H groups in total. The molecule has 5 aromatic heterocycles. The summed E-state index contributed by atoms with van der Waals surface area (Å²) in [4.78, 5) is 18.0. The third kappa shape index (κ3) is 2.03. The topological polar surface area (TPSA) is 73.8 Å². The summed E-state index contributed by atoms with van der Waals surface area (Å²) in [6, 6.07) is 9.65. The second-order valence-corrected chi connectivity index (χ2v) is 6.12. The Labute approximate surface area is 149 Å². The number of hydrogen-bond donors (Lipinski definition) is 0. The van der Waals surface area contributed by atoms with Gasteiger partial charge in [0.15, 0.2) is 11.3 Å². The molecule has 126 valence electrons. The highest BCUT2D eigenvalue weighted by Crippen LogP contribution is 2.30. The minimum atomic E-state index is 0.589. The molecule has 0 saturated carbocycles. The van der Waals surface area contributed by atoms with Crippen LogP contribution in [0.25, 0.3) is 33.9 Å². The van der Waals surface area contributed by atoms with Crippen LogP contribution in [0.5, 0.6) is 0 Å². The molecule has 0 fully saturated rings. The van der Waals surface area contributed by atoms with E-state index in [1.54, 1.807) is 23.2 Å². The third-order valence-corrected chi connectivity index (χ3v) is 4.63. The second kappa shape index (κ2) is 5.45. The molecule has 0 aromatic carbocycles. The maximum absolute atomic E-state index is 4.74. The molecule has 0 atom stereocenters. The molecule has 0 spiro atoms. The first-order chi connectivity index (χ1) is 12.7. The Bertz CT molecular complexity index is 1240. The number of rotatable bonds is 2. The van der Waals surface area contributed by atoms with Gasteiger partial charge in [-0.2, -0.15) is 0 Å². The van der Waals surface area contributed by atoms with Crippen molar-refractivity contribution in [3.63, 3.8) is 0 Å². The van der Waals surface area contributed by atoms with Crippen LogP contribution in [-0.4, -0.2) is 34.1 Å². The third-order valence-electron chi connectivity index (χ3n) is 4.63. The maximum Gasteiger partial charge on any atom is 0.200 e. The number of aromatic nitrogens is 7. The lowest BCUT2D eigenvalue weighted by molar-refractivity contribution is 0.923. The molecule has 0 aliphatic carbocycles. The normalized spacial score (nSPS) is 11.5. The molecule has 7 nitrogen and oxygen atoms in total. The summed E-state index contributed by atoms with van der Waals surface area (Å²) < 4.78 is 3.82. The molecule has 26 heavy (non-hydrogen) atoms. The zero-order valence-electron chi connectivity index (χ0n) is 14.3. The molecular weight excluding hydrogens is 326 g/mol. The van der Waals surface area contributed by atoms with Gasteiger partial charge in [-0.25, -0.2) is 14.5 Å². The van der Waals surface area contributed by atoms with E-state index < -0.39 is 0 Å². The van der Waals surface area contributed by atoms with Gasteiger partial charge in [-0.05, 0) is 43.7 Å². The second-order valence-electron chi connectivity index (χ2n) is 6.12. The van der Waals surface area contributed by atoms with Crippen molar-refractivity contribution in [1.82, 2.24) is 34.1 Å². The van der Waals surface area contributed by atoms with E-state index in [4.69, 9.17) is 4.98 Å². The number of pyridine rings is 2. The van der Waals surface area contributed by atoms with E-state index in [0.29, 0.717) is 5.82 Å². The van der Waals surface area contributed by atoms with Crippen LogP contribution in [-0.2, 0) is 0 Å². The van der Waals surface area contributed by atoms with Crippen LogP contribution in [0.4, 0.5) is 0 Å². The summed E-state index contributed by atoms with van der Waals surface area (Å²) in [5.74, 6) is 0.589. The summed E-state index contributed by atoms with van der Waals surface area (Å²) in [6.07, 6.45) is 7.04. The Balaban J connectivity index is 1.83. The molecule has 7 heteroatoms. The molecule has 0 aliphatic heterocycles. The van der Waals surface area contributed by atoms with E-state index in [0.717, 1.165) is 39.3 Å². The van der Waals surface area contributed by atoms with Gasteiger partial charge in [0.1, 0.15) is 12.0 Å². The van der Waals surface area contributed by atoms with Crippen molar-refractivity contribution in [2.45, 2.75) is 13.8 Å². The highest BCUT2D eigenvalue weighted by atomic mass is 15.3. The molecule has 0 bridgehead atoms. The fraction of sp³-hybridized carbons (Fsp3) is 0.105. The SMILES string of the molecule is Cc1c(C)n(-c2cccnc2)c2ncn3nc(-c4ccccn4)nc3c12. The zero-order valence-corrected chi connectivity index (χ0v) is 14.3. The van der Waals surface area contributed by atoms with Crippen molar-refractivity contribution in [3.8, 4) is 17.2 Å². The maximum atomic E-state index is 4.74. The number of hydrogen-bond acceptors (Lipinski definition) is 5. The molecule has 0 amide bonds. The van der Waals surface area contributed by atoms with E-state index in [1.165, 1.54) is 0 Å². The predicted molar refractivity (Wildman–Crippen MR) is 98.1 cm³/mol. The zero-order chi connectivity index (χ0) is 17.7. The first-order valence-corrected chi connectivity index (χ1v) is 8.29. The quantitative estimate of drug-likeness (QED) is 0.493. The van der Waals surface area contributed by atoms with E-state index >= 15 is 0 Å². The van der Waals surface area contributed by atoms with Gasteiger partial charge in [-0.3, -0.25) is 14.5 Å². The standard InChI is InChI=1S/C19H15N7/c1-12-13(2)26(14-6-5-8-20-10-14)18-16(12)19-23-17(24-25(19)11-22-18)15-7-3-4-9-21-15/h3-11H,1-2H3. The summed E-state index contributed by atoms with van der Waals surface area (Å²) in [6.45, 7) is 4.16. The van der Waals surface area contributed by atoms with Gasteiger partial charge in [-0.1, -0.05) is 6.07 Å². The number of nitrogens with zero attached hydrogens (tertiary/aromatic N) is 7. The van der Waals surface area contributed by atoms with Crippen molar-refractivity contribution in [2.75, 3.05) is 0 Å². The summed E-state index contributed by atoms with van der Waals surface area (Å²) in [7, 11) is 0. The Kier molecular flexibility index (Phi) is 3.08. The van der Waals surface area contributed by atoms with Crippen LogP contribution in [0.15, 0.2) is 55.2 Å². The summed E-state index contributed by atoms with van der Waals surface area (Å²) in [5.41, 5.74) is 5.58. The van der Waals surface area contributed by atoms with E-state index in [9.17, 15) is 0 Å². The van der Waals surface area contributed by atoms with E-state index in [2.05, 4.69) is 38.5 Å². The summed E-state index contributed by atoms with van der Waals surface area (Å²) in [5, 5.41) is 5.53. The lowest BCUT2D eigenvalue weighted by Gasteiger charge is -2.06. The molecule has 0 unspecified atom stereocenters. The lowest BCUT2D eigenvalue weighted by atomic mass is 10.2. The fourth-order valence-corrected chi connectivity index (χ4v) is 3.27.